The first-order chi connectivity index (χ1) is 10.8. The third-order valence-electron chi connectivity index (χ3n) is 3.29. The largest absolute Gasteiger partial charge is 0.416 e. The predicted molar refractivity (Wildman–Crippen MR) is 74.9 cm³/mol. The molecule has 6 heteroatoms. The van der Waals surface area contributed by atoms with E-state index >= 15 is 0 Å². The molecule has 23 heavy (non-hydrogen) atoms. The average Bonchev–Trinajstić information content (AvgIpc) is 2.50. The molecule has 0 amide bonds. The summed E-state index contributed by atoms with van der Waals surface area (Å²) in [7, 11) is 0. The molecule has 0 saturated carbocycles. The van der Waals surface area contributed by atoms with Gasteiger partial charge in [0.05, 0.1) is 11.6 Å². The van der Waals surface area contributed by atoms with Crippen molar-refractivity contribution < 1.29 is 22.4 Å². The minimum Gasteiger partial charge on any atom is -0.297 e. The average molecular weight is 321 g/mol. The molecule has 0 bridgehead atoms. The Bertz CT molecular complexity index is 744. The van der Waals surface area contributed by atoms with Gasteiger partial charge in [0.2, 0.25) is 0 Å². The first-order valence-corrected chi connectivity index (χ1v) is 6.65. The lowest BCUT2D eigenvalue weighted by Crippen LogP contribution is -2.15. The number of nitriles is 1. The van der Waals surface area contributed by atoms with Crippen molar-refractivity contribution in [2.75, 3.05) is 0 Å². The molecule has 0 aliphatic carbocycles. The summed E-state index contributed by atoms with van der Waals surface area (Å²) in [5.41, 5.74) is -0.428. The van der Waals surface area contributed by atoms with E-state index in [-0.39, 0.29) is 12.0 Å². The lowest BCUT2D eigenvalue weighted by atomic mass is 9.91. The number of halogens is 4. The Balaban J connectivity index is 2.24. The molecule has 0 saturated heterocycles. The van der Waals surface area contributed by atoms with Crippen LogP contribution in [0.1, 0.15) is 22.6 Å². The first-order valence-electron chi connectivity index (χ1n) is 6.65. The third-order valence-corrected chi connectivity index (χ3v) is 3.29. The Morgan fingerprint density at radius 1 is 1.13 bits per heavy atom. The topological polar surface area (TPSA) is 40.9 Å². The molecular weight excluding hydrogens is 310 g/mol. The van der Waals surface area contributed by atoms with Gasteiger partial charge in [-0.05, 0) is 29.3 Å². The van der Waals surface area contributed by atoms with Crippen LogP contribution >= 0.6 is 0 Å². The number of hydrogen-bond acceptors (Lipinski definition) is 2. The van der Waals surface area contributed by atoms with Crippen molar-refractivity contribution in [2.24, 2.45) is 0 Å². The number of nitrogens with zero attached hydrogens (tertiary/aromatic N) is 1. The van der Waals surface area contributed by atoms with Gasteiger partial charge < -0.3 is 0 Å². The summed E-state index contributed by atoms with van der Waals surface area (Å²) < 4.78 is 51.0. The SMILES string of the molecule is N#CC(C(=O)Cc1ccc(F)cc1)c1cccc(C(F)(F)F)c1. The molecule has 2 aromatic rings. The Morgan fingerprint density at radius 3 is 2.35 bits per heavy atom. The number of rotatable bonds is 4. The Kier molecular flexibility index (Phi) is 4.80. The van der Waals surface area contributed by atoms with Gasteiger partial charge in [0, 0.05) is 6.42 Å². The maximum absolute atomic E-state index is 12.8. The third kappa shape index (κ3) is 4.16. The summed E-state index contributed by atoms with van der Waals surface area (Å²) in [6.07, 6.45) is -4.70. The molecule has 1 atom stereocenters. The number of Topliss-reactive ketones (excluding diaryl/α,β-unsaturated/α-hetero) is 1. The number of carbonyl (C=O) groups excluding carboxylic acids is 1. The van der Waals surface area contributed by atoms with Crippen LogP contribution in [0.15, 0.2) is 48.5 Å². The van der Waals surface area contributed by atoms with Gasteiger partial charge in [0.15, 0.2) is 5.78 Å². The zero-order valence-corrected chi connectivity index (χ0v) is 11.8. The molecule has 0 radical (unpaired) electrons. The molecule has 1 unspecified atom stereocenters. The van der Waals surface area contributed by atoms with E-state index in [1.165, 1.54) is 30.3 Å². The normalized spacial score (nSPS) is 12.5. The summed E-state index contributed by atoms with van der Waals surface area (Å²) in [5, 5.41) is 9.15. The van der Waals surface area contributed by atoms with Crippen molar-refractivity contribution in [3.63, 3.8) is 0 Å². The van der Waals surface area contributed by atoms with Crippen LogP contribution in [0.25, 0.3) is 0 Å². The second-order valence-corrected chi connectivity index (χ2v) is 4.95. The van der Waals surface area contributed by atoms with Gasteiger partial charge in [-0.2, -0.15) is 18.4 Å². The van der Waals surface area contributed by atoms with E-state index in [1.807, 2.05) is 0 Å². The molecule has 0 spiro atoms. The minimum atomic E-state index is -4.55. The van der Waals surface area contributed by atoms with Crippen molar-refractivity contribution in [2.45, 2.75) is 18.5 Å². The quantitative estimate of drug-likeness (QED) is 0.789. The van der Waals surface area contributed by atoms with Crippen LogP contribution in [-0.2, 0) is 17.4 Å². The maximum atomic E-state index is 12.8. The molecule has 0 aromatic heterocycles. The molecule has 0 fully saturated rings. The van der Waals surface area contributed by atoms with Crippen molar-refractivity contribution in [3.8, 4) is 6.07 Å². The predicted octanol–water partition coefficient (Wildman–Crippen LogP) is 4.26. The Hall–Kier alpha value is -2.68. The highest BCUT2D eigenvalue weighted by molar-refractivity contribution is 5.90. The number of carbonyl (C=O) groups is 1. The van der Waals surface area contributed by atoms with Crippen LogP contribution in [0.2, 0.25) is 0 Å². The Labute approximate surface area is 130 Å². The summed E-state index contributed by atoms with van der Waals surface area (Å²) in [6, 6.07) is 11.0. The van der Waals surface area contributed by atoms with Crippen LogP contribution in [0.4, 0.5) is 17.6 Å². The maximum Gasteiger partial charge on any atom is 0.416 e. The van der Waals surface area contributed by atoms with Gasteiger partial charge >= 0.3 is 6.18 Å². The highest BCUT2D eigenvalue weighted by Crippen LogP contribution is 2.31. The van der Waals surface area contributed by atoms with Crippen LogP contribution in [-0.4, -0.2) is 5.78 Å². The second-order valence-electron chi connectivity index (χ2n) is 4.95. The zero-order valence-electron chi connectivity index (χ0n) is 11.8. The van der Waals surface area contributed by atoms with E-state index in [0.717, 1.165) is 18.2 Å². The molecule has 2 rings (SSSR count). The van der Waals surface area contributed by atoms with Crippen LogP contribution in [0.5, 0.6) is 0 Å². The molecular formula is C17H11F4NO. The van der Waals surface area contributed by atoms with Gasteiger partial charge in [0.1, 0.15) is 11.7 Å². The molecule has 0 N–H and O–H groups in total. The van der Waals surface area contributed by atoms with Crippen LogP contribution in [0.3, 0.4) is 0 Å². The van der Waals surface area contributed by atoms with Crippen molar-refractivity contribution >= 4 is 5.78 Å². The number of hydrogen-bond donors (Lipinski definition) is 0. The fourth-order valence-electron chi connectivity index (χ4n) is 2.13. The van der Waals surface area contributed by atoms with E-state index in [9.17, 15) is 22.4 Å². The van der Waals surface area contributed by atoms with E-state index in [4.69, 9.17) is 5.26 Å². The zero-order chi connectivity index (χ0) is 17.0. The lowest BCUT2D eigenvalue weighted by Gasteiger charge is -2.12. The minimum absolute atomic E-state index is 0.00515. The van der Waals surface area contributed by atoms with E-state index in [0.29, 0.717) is 5.56 Å². The van der Waals surface area contributed by atoms with Gasteiger partial charge in [0.25, 0.3) is 0 Å². The monoisotopic (exact) mass is 321 g/mol. The summed E-state index contributed by atoms with van der Waals surface area (Å²) in [5.74, 6) is -2.31. The molecule has 0 aliphatic rings. The highest BCUT2D eigenvalue weighted by atomic mass is 19.4. The highest BCUT2D eigenvalue weighted by Gasteiger charge is 2.31. The van der Waals surface area contributed by atoms with E-state index in [1.54, 1.807) is 6.07 Å². The summed E-state index contributed by atoms with van der Waals surface area (Å²) >= 11 is 0. The lowest BCUT2D eigenvalue weighted by molar-refractivity contribution is -0.137. The molecule has 0 heterocycles. The van der Waals surface area contributed by atoms with Crippen molar-refractivity contribution in [3.05, 3.63) is 71.0 Å². The fourth-order valence-corrected chi connectivity index (χ4v) is 2.13. The number of ketones is 1. The molecule has 0 aliphatic heterocycles. The van der Waals surface area contributed by atoms with Crippen molar-refractivity contribution in [1.82, 2.24) is 0 Å². The van der Waals surface area contributed by atoms with Gasteiger partial charge in [-0.1, -0.05) is 30.3 Å². The first kappa shape index (κ1) is 16.7. The standard InChI is InChI=1S/C17H11F4NO/c18-14-6-4-11(5-7-14)8-16(23)15(10-22)12-2-1-3-13(9-12)17(19,20)21/h1-7,9,15H,8H2. The van der Waals surface area contributed by atoms with Gasteiger partial charge in [-0.3, -0.25) is 4.79 Å². The number of alkyl halides is 3. The number of benzene rings is 2. The second kappa shape index (κ2) is 6.61. The van der Waals surface area contributed by atoms with E-state index < -0.39 is 29.3 Å². The van der Waals surface area contributed by atoms with Crippen LogP contribution < -0.4 is 0 Å². The fraction of sp³-hybridized carbons (Fsp3) is 0.176. The summed E-state index contributed by atoms with van der Waals surface area (Å²) in [6.45, 7) is 0. The summed E-state index contributed by atoms with van der Waals surface area (Å²) in [4.78, 5) is 12.2. The molecule has 2 aromatic carbocycles. The molecule has 118 valence electrons. The van der Waals surface area contributed by atoms with Crippen LogP contribution in [0, 0.1) is 17.1 Å². The van der Waals surface area contributed by atoms with Gasteiger partial charge in [-0.25, -0.2) is 4.39 Å². The van der Waals surface area contributed by atoms with Gasteiger partial charge in [-0.15, -0.1) is 0 Å². The Morgan fingerprint density at radius 2 is 1.78 bits per heavy atom. The van der Waals surface area contributed by atoms with Crippen molar-refractivity contribution in [1.29, 1.82) is 5.26 Å². The smallest absolute Gasteiger partial charge is 0.297 e. The van der Waals surface area contributed by atoms with E-state index in [2.05, 4.69) is 0 Å². The molecule has 2 nitrogen and oxygen atoms in total.